The minimum atomic E-state index is -0.703. The molecule has 128 valence electrons. The van der Waals surface area contributed by atoms with E-state index in [0.717, 1.165) is 11.1 Å². The molecule has 2 rings (SSSR count). The molecule has 1 aromatic carbocycles. The quantitative estimate of drug-likeness (QED) is 0.782. The molecule has 1 aliphatic rings. The molecule has 1 heterocycles. The highest BCUT2D eigenvalue weighted by Gasteiger charge is 2.31. The summed E-state index contributed by atoms with van der Waals surface area (Å²) >= 11 is 0. The number of esters is 1. The van der Waals surface area contributed by atoms with Gasteiger partial charge in [-0.15, -0.1) is 0 Å². The smallest absolute Gasteiger partial charge is 0.315 e. The molecular weight excluding hydrogens is 296 g/mol. The van der Waals surface area contributed by atoms with Gasteiger partial charge in [0.05, 0.1) is 31.3 Å². The van der Waals surface area contributed by atoms with Crippen molar-refractivity contribution < 1.29 is 24.1 Å². The number of hydrogen-bond acceptors (Lipinski definition) is 5. The number of carbonyl (C=O) groups excluding carboxylic acids is 1. The number of hydrogen-bond donors (Lipinski definition) is 1. The summed E-state index contributed by atoms with van der Waals surface area (Å²) in [5.74, 6) is -0.246. The standard InChI is InChI=1S/C18H26O5/c1-4-21-17(20)18(2,3)14-7-5-13(6-8-14)15(19)9-10-16-22-11-12-23-16/h5-8,15-16,19H,4,9-12H2,1-3H3. The number of rotatable bonds is 7. The van der Waals surface area contributed by atoms with E-state index >= 15 is 0 Å². The molecule has 0 aliphatic carbocycles. The van der Waals surface area contributed by atoms with Crippen LogP contribution in [0.3, 0.4) is 0 Å². The maximum absolute atomic E-state index is 12.0. The molecule has 1 saturated heterocycles. The van der Waals surface area contributed by atoms with Crippen molar-refractivity contribution in [1.82, 2.24) is 0 Å². The second-order valence-electron chi connectivity index (χ2n) is 6.23. The van der Waals surface area contributed by atoms with Gasteiger partial charge < -0.3 is 19.3 Å². The number of aliphatic hydroxyl groups is 1. The molecule has 1 aliphatic heterocycles. The predicted octanol–water partition coefficient (Wildman–Crippen LogP) is 2.71. The summed E-state index contributed by atoms with van der Waals surface area (Å²) in [6.45, 7) is 7.09. The van der Waals surface area contributed by atoms with Crippen LogP contribution in [-0.2, 0) is 24.4 Å². The molecule has 0 radical (unpaired) electrons. The van der Waals surface area contributed by atoms with E-state index in [0.29, 0.717) is 32.7 Å². The Morgan fingerprint density at radius 2 is 1.91 bits per heavy atom. The first-order valence-corrected chi connectivity index (χ1v) is 8.14. The summed E-state index contributed by atoms with van der Waals surface area (Å²) in [7, 11) is 0. The molecule has 0 spiro atoms. The zero-order chi connectivity index (χ0) is 16.9. The number of aliphatic hydroxyl groups excluding tert-OH is 1. The molecule has 1 unspecified atom stereocenters. The van der Waals surface area contributed by atoms with Crippen LogP contribution in [0, 0.1) is 0 Å². The first-order chi connectivity index (χ1) is 10.9. The van der Waals surface area contributed by atoms with Crippen molar-refractivity contribution in [3.63, 3.8) is 0 Å². The summed E-state index contributed by atoms with van der Waals surface area (Å²) in [6, 6.07) is 7.46. The fourth-order valence-electron chi connectivity index (χ4n) is 2.59. The van der Waals surface area contributed by atoms with Crippen LogP contribution >= 0.6 is 0 Å². The van der Waals surface area contributed by atoms with Crippen molar-refractivity contribution in [2.75, 3.05) is 19.8 Å². The summed E-state index contributed by atoms with van der Waals surface area (Å²) in [6.07, 6.45) is 0.469. The highest BCUT2D eigenvalue weighted by atomic mass is 16.7. The number of carbonyl (C=O) groups is 1. The molecular formula is C18H26O5. The minimum absolute atomic E-state index is 0.202. The molecule has 0 bridgehead atoms. The third kappa shape index (κ3) is 4.53. The Bertz CT molecular complexity index is 503. The van der Waals surface area contributed by atoms with Crippen molar-refractivity contribution >= 4 is 5.97 Å². The zero-order valence-electron chi connectivity index (χ0n) is 14.1. The predicted molar refractivity (Wildman–Crippen MR) is 86.0 cm³/mol. The van der Waals surface area contributed by atoms with Crippen LogP contribution in [0.1, 0.15) is 50.8 Å². The van der Waals surface area contributed by atoms with Crippen molar-refractivity contribution in [1.29, 1.82) is 0 Å². The zero-order valence-corrected chi connectivity index (χ0v) is 14.1. The average Bonchev–Trinajstić information content (AvgIpc) is 3.06. The van der Waals surface area contributed by atoms with Crippen molar-refractivity contribution in [2.45, 2.75) is 51.4 Å². The second-order valence-corrected chi connectivity index (χ2v) is 6.23. The van der Waals surface area contributed by atoms with Gasteiger partial charge in [0.2, 0.25) is 0 Å². The lowest BCUT2D eigenvalue weighted by Crippen LogP contribution is -2.31. The monoisotopic (exact) mass is 322 g/mol. The van der Waals surface area contributed by atoms with E-state index in [2.05, 4.69) is 0 Å². The lowest BCUT2D eigenvalue weighted by Gasteiger charge is -2.23. The van der Waals surface area contributed by atoms with Crippen molar-refractivity contribution in [3.05, 3.63) is 35.4 Å². The van der Waals surface area contributed by atoms with Crippen molar-refractivity contribution in [3.8, 4) is 0 Å². The fraction of sp³-hybridized carbons (Fsp3) is 0.611. The van der Waals surface area contributed by atoms with Gasteiger partial charge in [0.25, 0.3) is 0 Å². The van der Waals surface area contributed by atoms with Gasteiger partial charge in [0, 0.05) is 6.42 Å². The average molecular weight is 322 g/mol. The van der Waals surface area contributed by atoms with Gasteiger partial charge in [-0.1, -0.05) is 24.3 Å². The third-order valence-electron chi connectivity index (χ3n) is 4.17. The lowest BCUT2D eigenvalue weighted by atomic mass is 9.84. The van der Waals surface area contributed by atoms with Gasteiger partial charge in [-0.05, 0) is 38.3 Å². The van der Waals surface area contributed by atoms with E-state index in [1.807, 2.05) is 38.1 Å². The Balaban J connectivity index is 1.96. The Morgan fingerprint density at radius 3 is 2.48 bits per heavy atom. The van der Waals surface area contributed by atoms with Gasteiger partial charge >= 0.3 is 5.97 Å². The van der Waals surface area contributed by atoms with E-state index in [1.165, 1.54) is 0 Å². The van der Waals surface area contributed by atoms with Crippen LogP contribution in [0.5, 0.6) is 0 Å². The molecule has 23 heavy (non-hydrogen) atoms. The lowest BCUT2D eigenvalue weighted by molar-refractivity contribution is -0.148. The topological polar surface area (TPSA) is 65.0 Å². The van der Waals surface area contributed by atoms with Crippen LogP contribution in [0.2, 0.25) is 0 Å². The van der Waals surface area contributed by atoms with E-state index in [-0.39, 0.29) is 12.3 Å². The normalized spacial score (nSPS) is 17.2. The Morgan fingerprint density at radius 1 is 1.30 bits per heavy atom. The SMILES string of the molecule is CCOC(=O)C(C)(C)c1ccc(C(O)CCC2OCCO2)cc1. The van der Waals surface area contributed by atoms with Gasteiger partial charge in [-0.3, -0.25) is 4.79 Å². The molecule has 1 N–H and O–H groups in total. The third-order valence-corrected chi connectivity index (χ3v) is 4.17. The molecule has 0 amide bonds. The molecule has 5 heteroatoms. The molecule has 1 fully saturated rings. The van der Waals surface area contributed by atoms with Gasteiger partial charge in [0.15, 0.2) is 6.29 Å². The number of benzene rings is 1. The minimum Gasteiger partial charge on any atom is -0.465 e. The molecule has 0 aromatic heterocycles. The Hall–Kier alpha value is -1.43. The maximum atomic E-state index is 12.0. The largest absolute Gasteiger partial charge is 0.465 e. The van der Waals surface area contributed by atoms with Crippen LogP contribution in [0.25, 0.3) is 0 Å². The molecule has 1 atom stereocenters. The highest BCUT2D eigenvalue weighted by Crippen LogP contribution is 2.28. The molecule has 0 saturated carbocycles. The van der Waals surface area contributed by atoms with Crippen LogP contribution in [0.4, 0.5) is 0 Å². The summed E-state index contributed by atoms with van der Waals surface area (Å²) < 4.78 is 15.9. The van der Waals surface area contributed by atoms with E-state index < -0.39 is 11.5 Å². The summed E-state index contributed by atoms with van der Waals surface area (Å²) in [5.41, 5.74) is 0.992. The highest BCUT2D eigenvalue weighted by molar-refractivity contribution is 5.82. The van der Waals surface area contributed by atoms with Crippen LogP contribution in [0.15, 0.2) is 24.3 Å². The number of ether oxygens (including phenoxy) is 3. The fourth-order valence-corrected chi connectivity index (χ4v) is 2.59. The first kappa shape index (κ1) is 17.9. The van der Waals surface area contributed by atoms with E-state index in [1.54, 1.807) is 6.92 Å². The molecule has 5 nitrogen and oxygen atoms in total. The summed E-state index contributed by atoms with van der Waals surface area (Å²) in [4.78, 5) is 12.0. The molecule has 1 aromatic rings. The first-order valence-electron chi connectivity index (χ1n) is 8.14. The van der Waals surface area contributed by atoms with Gasteiger partial charge in [-0.2, -0.15) is 0 Å². The van der Waals surface area contributed by atoms with E-state index in [4.69, 9.17) is 14.2 Å². The Labute approximate surface area is 137 Å². The maximum Gasteiger partial charge on any atom is 0.315 e. The van der Waals surface area contributed by atoms with E-state index in [9.17, 15) is 9.90 Å². The second kappa shape index (κ2) is 7.90. The van der Waals surface area contributed by atoms with Crippen LogP contribution in [-0.4, -0.2) is 37.2 Å². The van der Waals surface area contributed by atoms with Gasteiger partial charge in [0.1, 0.15) is 0 Å². The Kier molecular flexibility index (Phi) is 6.16. The summed E-state index contributed by atoms with van der Waals surface area (Å²) in [5, 5.41) is 10.3. The van der Waals surface area contributed by atoms with Crippen LogP contribution < -0.4 is 0 Å². The van der Waals surface area contributed by atoms with Crippen molar-refractivity contribution in [2.24, 2.45) is 0 Å². The van der Waals surface area contributed by atoms with Gasteiger partial charge in [-0.25, -0.2) is 0 Å².